The zero-order chi connectivity index (χ0) is 19.4. The highest BCUT2D eigenvalue weighted by Crippen LogP contribution is 2.29. The second kappa shape index (κ2) is 8.11. The van der Waals surface area contributed by atoms with Gasteiger partial charge in [-0.1, -0.05) is 43.3 Å². The van der Waals surface area contributed by atoms with E-state index < -0.39 is 6.04 Å². The van der Waals surface area contributed by atoms with E-state index in [0.717, 1.165) is 23.3 Å². The average Bonchev–Trinajstić information content (AvgIpc) is 3.18. The Morgan fingerprint density at radius 3 is 2.59 bits per heavy atom. The number of rotatable bonds is 5. The van der Waals surface area contributed by atoms with E-state index in [1.165, 1.54) is 22.7 Å². The van der Waals surface area contributed by atoms with Gasteiger partial charge in [0.2, 0.25) is 0 Å². The van der Waals surface area contributed by atoms with Gasteiger partial charge in [0.15, 0.2) is 0 Å². The molecule has 1 heterocycles. The number of nitriles is 1. The summed E-state index contributed by atoms with van der Waals surface area (Å²) in [5.74, 6) is -0.702. The first-order valence-electron chi connectivity index (χ1n) is 8.51. The fourth-order valence-electron chi connectivity index (χ4n) is 2.74. The lowest BCUT2D eigenvalue weighted by atomic mass is 10.0. The van der Waals surface area contributed by atoms with E-state index in [1.807, 2.05) is 24.3 Å². The van der Waals surface area contributed by atoms with Crippen LogP contribution in [0.1, 0.15) is 33.8 Å². The summed E-state index contributed by atoms with van der Waals surface area (Å²) in [6, 6.07) is 15.4. The summed E-state index contributed by atoms with van der Waals surface area (Å²) in [6.07, 6.45) is 2.34. The first kappa shape index (κ1) is 18.7. The molecule has 1 atom stereocenters. The van der Waals surface area contributed by atoms with Gasteiger partial charge in [-0.3, -0.25) is 4.79 Å². The topological polar surface area (TPSA) is 57.0 Å². The van der Waals surface area contributed by atoms with Gasteiger partial charge in [-0.15, -0.1) is 11.3 Å². The third-order valence-corrected chi connectivity index (χ3v) is 5.37. The monoisotopic (exact) mass is 379 g/mol. The molecule has 0 spiro atoms. The van der Waals surface area contributed by atoms with Crippen molar-refractivity contribution in [1.29, 1.82) is 5.26 Å². The lowest BCUT2D eigenvalue weighted by Gasteiger charge is -2.22. The highest BCUT2D eigenvalue weighted by Gasteiger charge is 2.24. The van der Waals surface area contributed by atoms with Gasteiger partial charge < -0.3 is 4.90 Å². The Balaban J connectivity index is 1.84. The van der Waals surface area contributed by atoms with Crippen molar-refractivity contribution in [2.24, 2.45) is 0 Å². The number of aromatic nitrogens is 1. The van der Waals surface area contributed by atoms with E-state index in [9.17, 15) is 14.4 Å². The maximum absolute atomic E-state index is 13.9. The standard InChI is InChI=1S/C21H18FN3OS/c1-3-14-8-10-15(11-9-14)18(12-23)25(2)21(26)19-13-24-20(27-19)16-6-4-5-7-17(16)22/h4-11,13,18H,3H2,1-2H3/t18-/m1/s1. The molecule has 27 heavy (non-hydrogen) atoms. The van der Waals surface area contributed by atoms with Crippen molar-refractivity contribution >= 4 is 17.2 Å². The van der Waals surface area contributed by atoms with Gasteiger partial charge >= 0.3 is 0 Å². The van der Waals surface area contributed by atoms with Crippen LogP contribution in [0, 0.1) is 17.1 Å². The minimum atomic E-state index is -0.706. The fraction of sp³-hybridized carbons (Fsp3) is 0.190. The molecule has 3 aromatic rings. The summed E-state index contributed by atoms with van der Waals surface area (Å²) >= 11 is 1.11. The SMILES string of the molecule is CCc1ccc([C@@H](C#N)N(C)C(=O)c2cnc(-c3ccccc3F)s2)cc1. The van der Waals surface area contributed by atoms with Crippen LogP contribution in [0.5, 0.6) is 0 Å². The molecule has 6 heteroatoms. The van der Waals surface area contributed by atoms with E-state index in [1.54, 1.807) is 25.2 Å². The number of hydrogen-bond donors (Lipinski definition) is 0. The van der Waals surface area contributed by atoms with Crippen LogP contribution in [0.2, 0.25) is 0 Å². The van der Waals surface area contributed by atoms with E-state index in [0.29, 0.717) is 15.4 Å². The third kappa shape index (κ3) is 3.88. The van der Waals surface area contributed by atoms with Crippen molar-refractivity contribution in [3.63, 3.8) is 0 Å². The number of carbonyl (C=O) groups is 1. The largest absolute Gasteiger partial charge is 0.321 e. The van der Waals surface area contributed by atoms with Crippen LogP contribution < -0.4 is 0 Å². The number of hydrogen-bond acceptors (Lipinski definition) is 4. The molecule has 136 valence electrons. The van der Waals surface area contributed by atoms with Gasteiger partial charge in [-0.25, -0.2) is 9.37 Å². The van der Waals surface area contributed by atoms with Gasteiger partial charge in [-0.05, 0) is 29.7 Å². The summed E-state index contributed by atoms with van der Waals surface area (Å²) in [5.41, 5.74) is 2.28. The van der Waals surface area contributed by atoms with Crippen LogP contribution >= 0.6 is 11.3 Å². The van der Waals surface area contributed by atoms with Crippen molar-refractivity contribution in [3.8, 4) is 16.6 Å². The van der Waals surface area contributed by atoms with Crippen LogP contribution in [-0.2, 0) is 6.42 Å². The Morgan fingerprint density at radius 1 is 1.26 bits per heavy atom. The van der Waals surface area contributed by atoms with Crippen LogP contribution in [0.4, 0.5) is 4.39 Å². The average molecular weight is 379 g/mol. The molecule has 0 fully saturated rings. The molecule has 0 radical (unpaired) electrons. The number of aryl methyl sites for hydroxylation is 1. The molecular formula is C21H18FN3OS. The van der Waals surface area contributed by atoms with Crippen molar-refractivity contribution in [2.75, 3.05) is 7.05 Å². The minimum absolute atomic E-state index is 0.318. The van der Waals surface area contributed by atoms with E-state index in [2.05, 4.69) is 18.0 Å². The molecule has 0 N–H and O–H groups in total. The second-order valence-corrected chi connectivity index (χ2v) is 7.08. The molecule has 1 aromatic heterocycles. The summed E-state index contributed by atoms with van der Waals surface area (Å²) in [5, 5.41) is 10.0. The summed E-state index contributed by atoms with van der Waals surface area (Å²) in [7, 11) is 1.59. The molecule has 2 aromatic carbocycles. The molecule has 0 saturated heterocycles. The summed E-state index contributed by atoms with van der Waals surface area (Å²) < 4.78 is 13.9. The molecule has 1 amide bonds. The predicted molar refractivity (Wildman–Crippen MR) is 104 cm³/mol. The van der Waals surface area contributed by atoms with Crippen molar-refractivity contribution < 1.29 is 9.18 Å². The lowest BCUT2D eigenvalue weighted by Crippen LogP contribution is -2.30. The zero-order valence-electron chi connectivity index (χ0n) is 15.0. The Morgan fingerprint density at radius 2 is 1.96 bits per heavy atom. The summed E-state index contributed by atoms with van der Waals surface area (Å²) in [4.78, 5) is 18.8. The number of nitrogens with zero attached hydrogens (tertiary/aromatic N) is 3. The Bertz CT molecular complexity index is 991. The van der Waals surface area contributed by atoms with Gasteiger partial charge in [-0.2, -0.15) is 5.26 Å². The first-order valence-corrected chi connectivity index (χ1v) is 9.33. The van der Waals surface area contributed by atoms with Gasteiger partial charge in [0.25, 0.3) is 5.91 Å². The smallest absolute Gasteiger partial charge is 0.266 e. The maximum atomic E-state index is 13.9. The Hall–Kier alpha value is -3.04. The highest BCUT2D eigenvalue weighted by molar-refractivity contribution is 7.16. The van der Waals surface area contributed by atoms with Crippen molar-refractivity contribution in [1.82, 2.24) is 9.88 Å². The zero-order valence-corrected chi connectivity index (χ0v) is 15.8. The molecule has 3 rings (SSSR count). The molecule has 4 nitrogen and oxygen atoms in total. The molecule has 0 aliphatic rings. The second-order valence-electron chi connectivity index (χ2n) is 6.05. The van der Waals surface area contributed by atoms with E-state index >= 15 is 0 Å². The first-order chi connectivity index (χ1) is 13.0. The van der Waals surface area contributed by atoms with E-state index in [4.69, 9.17) is 0 Å². The molecule has 0 aliphatic heterocycles. The van der Waals surface area contributed by atoms with E-state index in [-0.39, 0.29) is 11.7 Å². The van der Waals surface area contributed by atoms with Crippen LogP contribution in [0.25, 0.3) is 10.6 Å². The number of amides is 1. The van der Waals surface area contributed by atoms with Gasteiger partial charge in [0.05, 0.1) is 12.3 Å². The van der Waals surface area contributed by atoms with Gasteiger partial charge in [0.1, 0.15) is 21.7 Å². The Labute approximate surface area is 161 Å². The van der Waals surface area contributed by atoms with Crippen LogP contribution in [-0.4, -0.2) is 22.8 Å². The summed E-state index contributed by atoms with van der Waals surface area (Å²) in [6.45, 7) is 2.06. The number of carbonyl (C=O) groups excluding carboxylic acids is 1. The van der Waals surface area contributed by atoms with Crippen molar-refractivity contribution in [3.05, 3.63) is 76.5 Å². The molecular weight excluding hydrogens is 361 g/mol. The highest BCUT2D eigenvalue weighted by atomic mass is 32.1. The maximum Gasteiger partial charge on any atom is 0.266 e. The number of thiazole rings is 1. The normalized spacial score (nSPS) is 11.6. The quantitative estimate of drug-likeness (QED) is 0.637. The number of benzene rings is 2. The van der Waals surface area contributed by atoms with Gasteiger partial charge in [0, 0.05) is 12.6 Å². The fourth-order valence-corrected chi connectivity index (χ4v) is 3.67. The number of halogens is 1. The van der Waals surface area contributed by atoms with Crippen LogP contribution in [0.3, 0.4) is 0 Å². The third-order valence-electron chi connectivity index (χ3n) is 4.35. The van der Waals surface area contributed by atoms with Crippen molar-refractivity contribution in [2.45, 2.75) is 19.4 Å². The molecule has 0 saturated carbocycles. The Kier molecular flexibility index (Phi) is 5.63. The molecule has 0 unspecified atom stereocenters. The van der Waals surface area contributed by atoms with Crippen LogP contribution in [0.15, 0.2) is 54.7 Å². The lowest BCUT2D eigenvalue weighted by molar-refractivity contribution is 0.0768. The predicted octanol–water partition coefficient (Wildman–Crippen LogP) is 4.85. The minimum Gasteiger partial charge on any atom is -0.321 e. The molecule has 0 bridgehead atoms. The molecule has 0 aliphatic carbocycles.